The second kappa shape index (κ2) is 8.86. The Balaban J connectivity index is 1.80. The number of hydrogen-bond acceptors (Lipinski definition) is 2. The number of benzene rings is 4. The highest BCUT2D eigenvalue weighted by atomic mass is 19.4. The Morgan fingerprint density at radius 2 is 1.56 bits per heavy atom. The molecule has 0 aliphatic carbocycles. The summed E-state index contributed by atoms with van der Waals surface area (Å²) >= 11 is 0. The zero-order chi connectivity index (χ0) is 25.4. The Morgan fingerprint density at radius 3 is 2.28 bits per heavy atom. The number of halogens is 3. The van der Waals surface area contributed by atoms with Crippen LogP contribution in [0.25, 0.3) is 33.2 Å². The molecule has 0 saturated heterocycles. The fourth-order valence-electron chi connectivity index (χ4n) is 4.45. The number of nitriles is 1. The smallest absolute Gasteiger partial charge is 0.309 e. The van der Waals surface area contributed by atoms with Gasteiger partial charge >= 0.3 is 6.18 Å². The molecular weight excluding hydrogens is 459 g/mol. The van der Waals surface area contributed by atoms with Gasteiger partial charge in [-0.15, -0.1) is 0 Å². The maximum atomic E-state index is 13.6. The third-order valence-electron chi connectivity index (χ3n) is 6.17. The minimum absolute atomic E-state index is 0.422. The fraction of sp³-hybridized carbons (Fsp3) is 0.0667. The van der Waals surface area contributed by atoms with Gasteiger partial charge in [-0.2, -0.15) is 18.4 Å². The quantitative estimate of drug-likeness (QED) is 0.240. The van der Waals surface area contributed by atoms with Gasteiger partial charge in [0, 0.05) is 22.0 Å². The zero-order valence-corrected chi connectivity index (χ0v) is 19.3. The molecule has 0 bridgehead atoms. The first-order valence-corrected chi connectivity index (χ1v) is 11.2. The van der Waals surface area contributed by atoms with Gasteiger partial charge in [-0.25, -0.2) is 0 Å². The van der Waals surface area contributed by atoms with E-state index in [0.717, 1.165) is 22.5 Å². The van der Waals surface area contributed by atoms with Gasteiger partial charge in [-0.1, -0.05) is 61.2 Å². The van der Waals surface area contributed by atoms with Crippen molar-refractivity contribution >= 4 is 33.2 Å². The van der Waals surface area contributed by atoms with Gasteiger partial charge in [-0.3, -0.25) is 4.99 Å². The van der Waals surface area contributed by atoms with E-state index in [0.29, 0.717) is 39.1 Å². The van der Waals surface area contributed by atoms with Crippen molar-refractivity contribution in [3.05, 3.63) is 120 Å². The number of alkyl halides is 3. The van der Waals surface area contributed by atoms with E-state index in [1.165, 1.54) is 12.1 Å². The molecule has 3 nitrogen and oxygen atoms in total. The van der Waals surface area contributed by atoms with Crippen LogP contribution < -0.4 is 0 Å². The summed E-state index contributed by atoms with van der Waals surface area (Å²) in [6, 6.07) is 28.0. The predicted octanol–water partition coefficient (Wildman–Crippen LogP) is 8.15. The lowest BCUT2D eigenvalue weighted by atomic mass is 10.0. The lowest BCUT2D eigenvalue weighted by molar-refractivity contribution is -0.137. The first-order chi connectivity index (χ1) is 17.3. The molecule has 0 atom stereocenters. The summed E-state index contributed by atoms with van der Waals surface area (Å²) in [5.41, 5.74) is 4.12. The van der Waals surface area contributed by atoms with Crippen molar-refractivity contribution in [2.75, 3.05) is 0 Å². The molecule has 0 aliphatic heterocycles. The highest BCUT2D eigenvalue weighted by molar-refractivity contribution is 6.11. The molecule has 176 valence electrons. The minimum atomic E-state index is -4.48. The van der Waals surface area contributed by atoms with Crippen LogP contribution in [0.1, 0.15) is 29.2 Å². The van der Waals surface area contributed by atoms with Gasteiger partial charge in [0.15, 0.2) is 0 Å². The number of para-hydroxylation sites is 1. The molecule has 0 unspecified atom stereocenters. The second-order valence-corrected chi connectivity index (χ2v) is 8.44. The minimum Gasteiger partial charge on any atom is -0.309 e. The normalized spacial score (nSPS) is 12.1. The first-order valence-electron chi connectivity index (χ1n) is 11.2. The first kappa shape index (κ1) is 23.1. The topological polar surface area (TPSA) is 41.1 Å². The molecule has 5 aromatic rings. The largest absolute Gasteiger partial charge is 0.416 e. The summed E-state index contributed by atoms with van der Waals surface area (Å²) < 4.78 is 42.7. The molecule has 0 amide bonds. The Morgan fingerprint density at radius 1 is 0.861 bits per heavy atom. The molecule has 5 rings (SSSR count). The number of hydrogen-bond donors (Lipinski definition) is 0. The van der Waals surface area contributed by atoms with Gasteiger partial charge in [0.1, 0.15) is 0 Å². The van der Waals surface area contributed by atoms with Crippen LogP contribution in [0.15, 0.2) is 103 Å². The molecule has 0 radical (unpaired) electrons. The number of aliphatic imine (C=N–C) groups is 1. The van der Waals surface area contributed by atoms with Gasteiger partial charge in [0.2, 0.25) is 0 Å². The highest BCUT2D eigenvalue weighted by Gasteiger charge is 2.31. The summed E-state index contributed by atoms with van der Waals surface area (Å²) in [4.78, 5) is 4.70. The average Bonchev–Trinajstić information content (AvgIpc) is 3.22. The SMILES string of the molecule is C=C(/N=C(\C)c1cc(C#N)ccc1-n1c2ccccc2c2ccc(C(F)(F)F)cc21)c1ccccc1. The van der Waals surface area contributed by atoms with E-state index in [9.17, 15) is 18.4 Å². The fourth-order valence-corrected chi connectivity index (χ4v) is 4.45. The lowest BCUT2D eigenvalue weighted by Crippen LogP contribution is -2.07. The molecule has 0 saturated carbocycles. The van der Waals surface area contributed by atoms with Crippen LogP contribution in [0.4, 0.5) is 13.2 Å². The van der Waals surface area contributed by atoms with Crippen molar-refractivity contribution < 1.29 is 13.2 Å². The van der Waals surface area contributed by atoms with Crippen LogP contribution in [-0.4, -0.2) is 10.3 Å². The van der Waals surface area contributed by atoms with Gasteiger partial charge in [-0.05, 0) is 48.9 Å². The Kier molecular flexibility index (Phi) is 5.69. The molecular formula is C30H20F3N3. The Labute approximate surface area is 206 Å². The molecule has 6 heteroatoms. The second-order valence-electron chi connectivity index (χ2n) is 8.44. The summed E-state index contributed by atoms with van der Waals surface area (Å²) in [6.45, 7) is 5.89. The third kappa shape index (κ3) is 4.05. The lowest BCUT2D eigenvalue weighted by Gasteiger charge is -2.15. The molecule has 4 aromatic carbocycles. The van der Waals surface area contributed by atoms with E-state index < -0.39 is 11.7 Å². The summed E-state index contributed by atoms with van der Waals surface area (Å²) in [5, 5.41) is 11.1. The van der Waals surface area contributed by atoms with Crippen molar-refractivity contribution in [1.82, 2.24) is 4.57 Å². The van der Waals surface area contributed by atoms with Crippen molar-refractivity contribution in [3.8, 4) is 11.8 Å². The highest BCUT2D eigenvalue weighted by Crippen LogP contribution is 2.37. The van der Waals surface area contributed by atoms with Crippen LogP contribution in [0.2, 0.25) is 0 Å². The molecule has 0 N–H and O–H groups in total. The van der Waals surface area contributed by atoms with Crippen LogP contribution in [-0.2, 0) is 6.18 Å². The van der Waals surface area contributed by atoms with E-state index in [-0.39, 0.29) is 0 Å². The molecule has 36 heavy (non-hydrogen) atoms. The Hall–Kier alpha value is -4.63. The van der Waals surface area contributed by atoms with E-state index in [2.05, 4.69) is 12.6 Å². The summed E-state index contributed by atoms with van der Waals surface area (Å²) in [6.07, 6.45) is -4.48. The zero-order valence-electron chi connectivity index (χ0n) is 19.3. The summed E-state index contributed by atoms with van der Waals surface area (Å²) in [7, 11) is 0. The Bertz CT molecular complexity index is 1700. The van der Waals surface area contributed by atoms with Crippen molar-refractivity contribution in [1.29, 1.82) is 5.26 Å². The predicted molar refractivity (Wildman–Crippen MR) is 138 cm³/mol. The van der Waals surface area contributed by atoms with E-state index in [1.807, 2.05) is 61.5 Å². The number of nitrogens with zero attached hydrogens (tertiary/aromatic N) is 3. The van der Waals surface area contributed by atoms with Gasteiger partial charge in [0.25, 0.3) is 0 Å². The molecule has 1 heterocycles. The summed E-state index contributed by atoms with van der Waals surface area (Å²) in [5.74, 6) is 0. The van der Waals surface area contributed by atoms with Crippen LogP contribution in [0, 0.1) is 11.3 Å². The van der Waals surface area contributed by atoms with Crippen LogP contribution >= 0.6 is 0 Å². The monoisotopic (exact) mass is 479 g/mol. The van der Waals surface area contributed by atoms with Gasteiger partial charge in [0.05, 0.1) is 39.6 Å². The van der Waals surface area contributed by atoms with Crippen LogP contribution in [0.5, 0.6) is 0 Å². The van der Waals surface area contributed by atoms with E-state index in [4.69, 9.17) is 4.99 Å². The number of rotatable bonds is 4. The van der Waals surface area contributed by atoms with Crippen LogP contribution in [0.3, 0.4) is 0 Å². The standard InChI is InChI=1S/C30H20F3N3/c1-19(22-8-4-3-5-9-22)35-20(2)26-16-21(18-34)12-15-28(26)36-27-11-7-6-10-24(27)25-14-13-23(17-29(25)36)30(31,32)33/h3-17H,1H2,2H3/b35-20+. The van der Waals surface area contributed by atoms with Crippen molar-refractivity contribution in [2.24, 2.45) is 4.99 Å². The molecule has 0 fully saturated rings. The number of aromatic nitrogens is 1. The maximum Gasteiger partial charge on any atom is 0.416 e. The third-order valence-corrected chi connectivity index (χ3v) is 6.17. The average molecular weight is 480 g/mol. The van der Waals surface area contributed by atoms with Crippen molar-refractivity contribution in [2.45, 2.75) is 13.1 Å². The molecule has 0 spiro atoms. The molecule has 0 aliphatic rings. The van der Waals surface area contributed by atoms with E-state index in [1.54, 1.807) is 22.8 Å². The van der Waals surface area contributed by atoms with Gasteiger partial charge < -0.3 is 4.57 Å². The van der Waals surface area contributed by atoms with Crippen molar-refractivity contribution in [3.63, 3.8) is 0 Å². The maximum absolute atomic E-state index is 13.6. The van der Waals surface area contributed by atoms with E-state index >= 15 is 0 Å². The molecule has 1 aromatic heterocycles. The number of fused-ring (bicyclic) bond motifs is 3.